The summed E-state index contributed by atoms with van der Waals surface area (Å²) in [7, 11) is -11.2. The molecule has 27 heavy (non-hydrogen) atoms. The Hall–Kier alpha value is -0.390. The van der Waals surface area contributed by atoms with Gasteiger partial charge in [-0.2, -0.15) is 12.9 Å². The first kappa shape index (κ1) is 24.6. The smallest absolute Gasteiger partial charge is 0.215 e. The monoisotopic (exact) mass is 450 g/mol. The van der Waals surface area contributed by atoms with E-state index in [9.17, 15) is 25.3 Å². The summed E-state index contributed by atoms with van der Waals surface area (Å²) in [6, 6.07) is 0. The van der Waals surface area contributed by atoms with E-state index < -0.39 is 30.1 Å². The van der Waals surface area contributed by atoms with Crippen molar-refractivity contribution in [3.05, 3.63) is 0 Å². The molecule has 1 fully saturated rings. The fraction of sp³-hybridized carbons (Fsp3) is 1.00. The molecular formula is C12H30N6O6S3. The van der Waals surface area contributed by atoms with Crippen LogP contribution in [0.4, 0.5) is 0 Å². The van der Waals surface area contributed by atoms with Crippen LogP contribution in [0.25, 0.3) is 0 Å². The zero-order valence-electron chi connectivity index (χ0n) is 15.2. The van der Waals surface area contributed by atoms with Crippen LogP contribution in [0.5, 0.6) is 0 Å². The Morgan fingerprint density at radius 3 is 0.815 bits per heavy atom. The summed E-state index contributed by atoms with van der Waals surface area (Å²) < 4.78 is 77.6. The second-order valence-electron chi connectivity index (χ2n) is 6.01. The molecule has 12 nitrogen and oxygen atoms in total. The summed E-state index contributed by atoms with van der Waals surface area (Å²) >= 11 is 0. The van der Waals surface area contributed by atoms with E-state index in [4.69, 9.17) is 17.2 Å². The van der Waals surface area contributed by atoms with Gasteiger partial charge in [0.2, 0.25) is 30.1 Å². The van der Waals surface area contributed by atoms with E-state index in [2.05, 4.69) is 0 Å². The molecule has 0 aromatic rings. The molecule has 0 aromatic carbocycles. The highest BCUT2D eigenvalue weighted by atomic mass is 32.2. The van der Waals surface area contributed by atoms with Crippen LogP contribution >= 0.6 is 0 Å². The highest BCUT2D eigenvalue weighted by molar-refractivity contribution is 7.89. The first-order chi connectivity index (χ1) is 12.5. The summed E-state index contributed by atoms with van der Waals surface area (Å²) in [5.74, 6) is -0.922. The number of hydrogen-bond donors (Lipinski definition) is 3. The minimum Gasteiger partial charge on any atom is -0.329 e. The molecule has 0 bridgehead atoms. The van der Waals surface area contributed by atoms with Crippen LogP contribution in [-0.2, 0) is 30.1 Å². The first-order valence-electron chi connectivity index (χ1n) is 8.54. The summed E-state index contributed by atoms with van der Waals surface area (Å²) in [5.41, 5.74) is 16.0. The van der Waals surface area contributed by atoms with Crippen LogP contribution in [0, 0.1) is 0 Å². The van der Waals surface area contributed by atoms with E-state index in [0.29, 0.717) is 0 Å². The summed E-state index contributed by atoms with van der Waals surface area (Å²) in [4.78, 5) is 0. The van der Waals surface area contributed by atoms with Crippen molar-refractivity contribution in [2.24, 2.45) is 17.2 Å². The quantitative estimate of drug-likeness (QED) is 0.312. The molecule has 1 heterocycles. The second-order valence-corrected chi connectivity index (χ2v) is 12.3. The third-order valence-corrected chi connectivity index (χ3v) is 9.81. The number of nitrogens with two attached hydrogens (primary N) is 3. The van der Waals surface area contributed by atoms with Gasteiger partial charge in [0, 0.05) is 58.9 Å². The fourth-order valence-corrected chi connectivity index (χ4v) is 6.50. The Kier molecular flexibility index (Phi) is 9.50. The average molecular weight is 451 g/mol. The molecule has 162 valence electrons. The Morgan fingerprint density at radius 1 is 0.481 bits per heavy atom. The van der Waals surface area contributed by atoms with Crippen LogP contribution in [-0.4, -0.2) is 114 Å². The van der Waals surface area contributed by atoms with Gasteiger partial charge in [0.05, 0.1) is 17.3 Å². The van der Waals surface area contributed by atoms with E-state index in [1.165, 1.54) is 0 Å². The molecular weight excluding hydrogens is 420 g/mol. The van der Waals surface area contributed by atoms with Gasteiger partial charge in [-0.15, -0.1) is 0 Å². The van der Waals surface area contributed by atoms with Crippen molar-refractivity contribution in [1.29, 1.82) is 0 Å². The number of hydrogen-bond acceptors (Lipinski definition) is 9. The van der Waals surface area contributed by atoms with Crippen LogP contribution in [0.1, 0.15) is 0 Å². The molecule has 0 aliphatic carbocycles. The van der Waals surface area contributed by atoms with Gasteiger partial charge >= 0.3 is 0 Å². The maximum Gasteiger partial charge on any atom is 0.215 e. The van der Waals surface area contributed by atoms with Gasteiger partial charge in [0.25, 0.3) is 0 Å². The molecule has 0 spiro atoms. The van der Waals surface area contributed by atoms with E-state index in [1.807, 2.05) is 0 Å². The number of rotatable bonds is 9. The molecule has 1 saturated heterocycles. The maximum absolute atomic E-state index is 12.4. The van der Waals surface area contributed by atoms with Gasteiger partial charge in [-0.1, -0.05) is 0 Å². The van der Waals surface area contributed by atoms with Crippen molar-refractivity contribution >= 4 is 30.1 Å². The normalized spacial score (nSPS) is 20.1. The summed E-state index contributed by atoms with van der Waals surface area (Å²) in [5, 5.41) is 0. The molecule has 6 N–H and O–H groups in total. The van der Waals surface area contributed by atoms with Gasteiger partial charge in [0.15, 0.2) is 0 Å². The number of nitrogens with zero attached hydrogens (tertiary/aromatic N) is 3. The lowest BCUT2D eigenvalue weighted by molar-refractivity contribution is 0.365. The third-order valence-electron chi connectivity index (χ3n) is 4.10. The van der Waals surface area contributed by atoms with E-state index in [-0.39, 0.29) is 76.2 Å². The molecule has 1 rings (SSSR count). The number of sulfonamides is 3. The molecule has 15 heteroatoms. The topological polar surface area (TPSA) is 190 Å². The van der Waals surface area contributed by atoms with E-state index in [0.717, 1.165) is 12.9 Å². The fourth-order valence-electron chi connectivity index (χ4n) is 2.67. The minimum atomic E-state index is -3.74. The zero-order valence-corrected chi connectivity index (χ0v) is 17.7. The minimum absolute atomic E-state index is 0.0864. The zero-order chi connectivity index (χ0) is 20.7. The van der Waals surface area contributed by atoms with Gasteiger partial charge in [-0.3, -0.25) is 0 Å². The second kappa shape index (κ2) is 10.4. The van der Waals surface area contributed by atoms with Gasteiger partial charge in [-0.25, -0.2) is 25.3 Å². The molecule has 1 aliphatic rings. The lowest BCUT2D eigenvalue weighted by Crippen LogP contribution is -2.44. The Morgan fingerprint density at radius 2 is 0.667 bits per heavy atom. The van der Waals surface area contributed by atoms with Crippen molar-refractivity contribution in [1.82, 2.24) is 12.9 Å². The van der Waals surface area contributed by atoms with Crippen LogP contribution in [0.2, 0.25) is 0 Å². The maximum atomic E-state index is 12.4. The average Bonchev–Trinajstić information content (AvgIpc) is 2.65. The lowest BCUT2D eigenvalue weighted by Gasteiger charge is -2.24. The predicted octanol–water partition coefficient (Wildman–Crippen LogP) is -4.23. The van der Waals surface area contributed by atoms with Crippen molar-refractivity contribution in [2.75, 3.05) is 76.2 Å². The predicted molar refractivity (Wildman–Crippen MR) is 103 cm³/mol. The van der Waals surface area contributed by atoms with E-state index >= 15 is 0 Å². The summed E-state index contributed by atoms with van der Waals surface area (Å²) in [6.07, 6.45) is 0. The molecule has 0 atom stereocenters. The highest BCUT2D eigenvalue weighted by Gasteiger charge is 2.31. The largest absolute Gasteiger partial charge is 0.329 e. The van der Waals surface area contributed by atoms with Gasteiger partial charge in [-0.05, 0) is 0 Å². The first-order valence-corrected chi connectivity index (χ1v) is 13.4. The van der Waals surface area contributed by atoms with Crippen LogP contribution in [0.15, 0.2) is 0 Å². The Bertz CT molecular complexity index is 653. The van der Waals surface area contributed by atoms with Crippen molar-refractivity contribution in [2.45, 2.75) is 0 Å². The highest BCUT2D eigenvalue weighted by Crippen LogP contribution is 2.12. The SMILES string of the molecule is NCCS(=O)(=O)N1CCN(S(=O)(=O)CCN)CCN(S(=O)(=O)CCN)CC1. The molecule has 0 aromatic heterocycles. The molecule has 0 amide bonds. The molecule has 0 saturated carbocycles. The molecule has 0 unspecified atom stereocenters. The van der Waals surface area contributed by atoms with Crippen molar-refractivity contribution in [3.8, 4) is 0 Å². The van der Waals surface area contributed by atoms with Gasteiger partial charge in [0.1, 0.15) is 0 Å². The van der Waals surface area contributed by atoms with Crippen molar-refractivity contribution in [3.63, 3.8) is 0 Å². The third kappa shape index (κ3) is 7.17. The van der Waals surface area contributed by atoms with Crippen molar-refractivity contribution < 1.29 is 25.3 Å². The standard InChI is InChI=1S/C12H30N6O6S3/c13-1-10-25(19,20)16-4-6-17(26(21,22)11-2-14)8-9-18(7-5-16)27(23,24)12-3-15/h1-15H2. The molecule has 0 radical (unpaired) electrons. The Balaban J connectivity index is 3.19. The molecule has 1 aliphatic heterocycles. The van der Waals surface area contributed by atoms with Gasteiger partial charge < -0.3 is 17.2 Å². The lowest BCUT2D eigenvalue weighted by atomic mass is 10.5. The van der Waals surface area contributed by atoms with Crippen LogP contribution < -0.4 is 17.2 Å². The van der Waals surface area contributed by atoms with Crippen LogP contribution in [0.3, 0.4) is 0 Å². The Labute approximate surface area is 161 Å². The summed E-state index contributed by atoms with van der Waals surface area (Å²) in [6.45, 7) is -0.801. The van der Waals surface area contributed by atoms with E-state index in [1.54, 1.807) is 0 Å².